The maximum absolute atomic E-state index is 11.7. The van der Waals surface area contributed by atoms with Crippen LogP contribution in [0.15, 0.2) is 36.5 Å². The van der Waals surface area contributed by atoms with E-state index in [1.165, 1.54) is 12.0 Å². The highest BCUT2D eigenvalue weighted by molar-refractivity contribution is 5.88. The molecule has 0 fully saturated rings. The van der Waals surface area contributed by atoms with E-state index >= 15 is 0 Å². The maximum atomic E-state index is 11.7. The van der Waals surface area contributed by atoms with Crippen molar-refractivity contribution < 1.29 is 14.3 Å². The highest BCUT2D eigenvalue weighted by Crippen LogP contribution is 2.26. The van der Waals surface area contributed by atoms with Gasteiger partial charge in [-0.3, -0.25) is 4.90 Å². The van der Waals surface area contributed by atoms with E-state index in [1.54, 1.807) is 25.4 Å². The van der Waals surface area contributed by atoms with E-state index in [0.29, 0.717) is 11.6 Å². The van der Waals surface area contributed by atoms with Gasteiger partial charge in [0.2, 0.25) is 0 Å². The normalized spacial score (nSPS) is 10.1. The summed E-state index contributed by atoms with van der Waals surface area (Å²) in [6.45, 7) is 2.24. The Kier molecular flexibility index (Phi) is 4.83. The van der Waals surface area contributed by atoms with Crippen molar-refractivity contribution in [3.63, 3.8) is 0 Å². The lowest BCUT2D eigenvalue weighted by atomic mass is 10.1. The van der Waals surface area contributed by atoms with Crippen molar-refractivity contribution >= 4 is 17.6 Å². The van der Waals surface area contributed by atoms with Crippen LogP contribution in [0.1, 0.15) is 11.1 Å². The maximum Gasteiger partial charge on any atom is 0.413 e. The fourth-order valence-electron chi connectivity index (χ4n) is 2.10. The highest BCUT2D eigenvalue weighted by atomic mass is 16.5. The second-order valence-corrected chi connectivity index (χ2v) is 4.78. The topological polar surface area (TPSA) is 77.7 Å². The van der Waals surface area contributed by atoms with Crippen molar-refractivity contribution in [3.05, 3.63) is 47.7 Å². The van der Waals surface area contributed by atoms with Crippen LogP contribution < -0.4 is 15.4 Å². The quantitative estimate of drug-likeness (QED) is 0.939. The van der Waals surface area contributed by atoms with Gasteiger partial charge in [-0.25, -0.2) is 9.78 Å². The number of aryl methyl sites for hydroxylation is 1. The van der Waals surface area contributed by atoms with E-state index in [4.69, 9.17) is 15.2 Å². The minimum absolute atomic E-state index is 0.277. The Hall–Kier alpha value is -2.76. The van der Waals surface area contributed by atoms with Crippen LogP contribution in [0.5, 0.6) is 5.75 Å². The summed E-state index contributed by atoms with van der Waals surface area (Å²) in [6.07, 6.45) is 1.17. The average Bonchev–Trinajstić information content (AvgIpc) is 2.53. The molecule has 0 spiro atoms. The number of carbonyl (C=O) groups is 1. The van der Waals surface area contributed by atoms with Crippen molar-refractivity contribution in [1.82, 2.24) is 4.98 Å². The molecule has 0 aliphatic carbocycles. The number of ether oxygens (including phenoxy) is 2. The Morgan fingerprint density at radius 2 is 2.09 bits per heavy atom. The van der Waals surface area contributed by atoms with Crippen LogP contribution in [0.25, 0.3) is 0 Å². The zero-order valence-corrected chi connectivity index (χ0v) is 12.9. The lowest BCUT2D eigenvalue weighted by molar-refractivity contribution is 0.180. The van der Waals surface area contributed by atoms with Crippen LogP contribution in [-0.2, 0) is 11.3 Å². The first-order valence-electron chi connectivity index (χ1n) is 6.78. The van der Waals surface area contributed by atoms with Gasteiger partial charge >= 0.3 is 6.09 Å². The van der Waals surface area contributed by atoms with Crippen LogP contribution in [0.4, 0.5) is 16.3 Å². The Labute approximate surface area is 129 Å². The number of carbonyl (C=O) groups excluding carboxylic acids is 1. The smallest absolute Gasteiger partial charge is 0.413 e. The molecule has 1 aromatic carbocycles. The average molecular weight is 301 g/mol. The summed E-state index contributed by atoms with van der Waals surface area (Å²) in [5.74, 6) is 0.844. The number of pyridine rings is 1. The van der Waals surface area contributed by atoms with Crippen LogP contribution in [0, 0.1) is 6.92 Å². The second-order valence-electron chi connectivity index (χ2n) is 4.78. The first kappa shape index (κ1) is 15.6. The molecule has 0 saturated carbocycles. The molecule has 6 nitrogen and oxygen atoms in total. The van der Waals surface area contributed by atoms with E-state index < -0.39 is 6.09 Å². The number of amides is 1. The van der Waals surface area contributed by atoms with Crippen molar-refractivity contribution in [3.8, 4) is 5.75 Å². The zero-order chi connectivity index (χ0) is 16.1. The van der Waals surface area contributed by atoms with E-state index in [9.17, 15) is 4.79 Å². The van der Waals surface area contributed by atoms with Gasteiger partial charge in [-0.1, -0.05) is 12.1 Å². The summed E-state index contributed by atoms with van der Waals surface area (Å²) in [4.78, 5) is 17.2. The number of nitrogens with zero attached hydrogens (tertiary/aromatic N) is 2. The lowest BCUT2D eigenvalue weighted by Gasteiger charge is -2.21. The number of nitrogen functional groups attached to an aromatic ring is 1. The molecular formula is C16H19N3O3. The summed E-state index contributed by atoms with van der Waals surface area (Å²) in [7, 11) is 3.00. The van der Waals surface area contributed by atoms with Gasteiger partial charge in [0.15, 0.2) is 11.6 Å². The van der Waals surface area contributed by atoms with Gasteiger partial charge in [0, 0.05) is 18.8 Å². The van der Waals surface area contributed by atoms with E-state index in [0.717, 1.165) is 16.8 Å². The fourth-order valence-corrected chi connectivity index (χ4v) is 2.10. The van der Waals surface area contributed by atoms with Crippen molar-refractivity contribution in [2.45, 2.75) is 13.5 Å². The standard InChI is InChI=1S/C16H19N3O3/c1-11-6-4-7-13(19(2)16(20)21-3)12(11)10-22-14-8-5-9-18-15(14)17/h4-9H,10H2,1-3H3,(H2,17,18). The number of benzene rings is 1. The first-order valence-corrected chi connectivity index (χ1v) is 6.78. The molecule has 6 heteroatoms. The van der Waals surface area contributed by atoms with Crippen molar-refractivity contribution in [2.24, 2.45) is 0 Å². The molecule has 116 valence electrons. The molecule has 1 amide bonds. The Bertz CT molecular complexity index is 673. The van der Waals surface area contributed by atoms with Crippen molar-refractivity contribution in [1.29, 1.82) is 0 Å². The Morgan fingerprint density at radius 3 is 2.77 bits per heavy atom. The molecule has 2 aromatic rings. The zero-order valence-electron chi connectivity index (χ0n) is 12.9. The number of nitrogens with two attached hydrogens (primary N) is 1. The molecule has 2 N–H and O–H groups in total. The Morgan fingerprint density at radius 1 is 1.32 bits per heavy atom. The molecule has 0 atom stereocenters. The predicted octanol–water partition coefficient (Wildman–Crippen LogP) is 2.75. The van der Waals surface area contributed by atoms with Gasteiger partial charge in [0.1, 0.15) is 6.61 Å². The summed E-state index contributed by atoms with van der Waals surface area (Å²) in [5, 5.41) is 0. The molecule has 1 aromatic heterocycles. The molecule has 0 aliphatic rings. The number of methoxy groups -OCH3 is 1. The largest absolute Gasteiger partial charge is 0.485 e. The molecule has 0 unspecified atom stereocenters. The number of rotatable bonds is 4. The summed E-state index contributed by atoms with van der Waals surface area (Å²) in [5.41, 5.74) is 8.40. The van der Waals surface area contributed by atoms with Gasteiger partial charge in [0.05, 0.1) is 12.8 Å². The molecule has 2 rings (SSSR count). The van der Waals surface area contributed by atoms with Crippen LogP contribution in [0.2, 0.25) is 0 Å². The van der Waals surface area contributed by atoms with Gasteiger partial charge in [-0.15, -0.1) is 0 Å². The van der Waals surface area contributed by atoms with Gasteiger partial charge in [0.25, 0.3) is 0 Å². The van der Waals surface area contributed by atoms with Crippen LogP contribution >= 0.6 is 0 Å². The molecule has 0 saturated heterocycles. The number of hydrogen-bond donors (Lipinski definition) is 1. The monoisotopic (exact) mass is 301 g/mol. The molecular weight excluding hydrogens is 282 g/mol. The van der Waals surface area contributed by atoms with Crippen LogP contribution in [-0.4, -0.2) is 25.2 Å². The summed E-state index contributed by atoms with van der Waals surface area (Å²) < 4.78 is 10.5. The third-order valence-electron chi connectivity index (χ3n) is 3.37. The van der Waals surface area contributed by atoms with Gasteiger partial charge < -0.3 is 15.2 Å². The van der Waals surface area contributed by atoms with E-state index in [2.05, 4.69) is 4.98 Å². The lowest BCUT2D eigenvalue weighted by Crippen LogP contribution is -2.27. The number of anilines is 2. The first-order chi connectivity index (χ1) is 10.5. The van der Waals surface area contributed by atoms with Gasteiger partial charge in [-0.2, -0.15) is 0 Å². The van der Waals surface area contributed by atoms with Gasteiger partial charge in [-0.05, 0) is 30.7 Å². The van der Waals surface area contributed by atoms with E-state index in [-0.39, 0.29) is 6.61 Å². The molecule has 0 aliphatic heterocycles. The minimum Gasteiger partial charge on any atom is -0.485 e. The number of hydrogen-bond acceptors (Lipinski definition) is 5. The molecule has 0 bridgehead atoms. The van der Waals surface area contributed by atoms with Crippen molar-refractivity contribution in [2.75, 3.05) is 24.8 Å². The second kappa shape index (κ2) is 6.80. The fraction of sp³-hybridized carbons (Fsp3) is 0.250. The molecule has 22 heavy (non-hydrogen) atoms. The third kappa shape index (κ3) is 3.28. The summed E-state index contributed by atoms with van der Waals surface area (Å²) in [6, 6.07) is 9.19. The van der Waals surface area contributed by atoms with Crippen LogP contribution in [0.3, 0.4) is 0 Å². The number of aromatic nitrogens is 1. The molecule has 0 radical (unpaired) electrons. The minimum atomic E-state index is -0.437. The highest BCUT2D eigenvalue weighted by Gasteiger charge is 2.16. The Balaban J connectivity index is 2.27. The predicted molar refractivity (Wildman–Crippen MR) is 85.0 cm³/mol. The molecule has 1 heterocycles. The summed E-state index contributed by atoms with van der Waals surface area (Å²) >= 11 is 0. The van der Waals surface area contributed by atoms with E-state index in [1.807, 2.05) is 25.1 Å². The SMILES string of the molecule is COC(=O)N(C)c1cccc(C)c1COc1cccnc1N. The third-order valence-corrected chi connectivity index (χ3v) is 3.37.